The first-order valence-corrected chi connectivity index (χ1v) is 7.11. The number of hydrogen-bond donors (Lipinski definition) is 1. The van der Waals surface area contributed by atoms with Gasteiger partial charge in [0, 0.05) is 5.56 Å². The largest absolute Gasteiger partial charge is 0.493 e. The lowest BCUT2D eigenvalue weighted by Crippen LogP contribution is -2.00. The van der Waals surface area contributed by atoms with Crippen LogP contribution in [0.4, 0.5) is 0 Å². The summed E-state index contributed by atoms with van der Waals surface area (Å²) in [5.74, 6) is 0.234. The maximum atomic E-state index is 11.1. The van der Waals surface area contributed by atoms with Crippen molar-refractivity contribution in [1.82, 2.24) is 15.0 Å². The van der Waals surface area contributed by atoms with E-state index in [1.807, 2.05) is 6.07 Å². The number of ether oxygens (including phenoxy) is 2. The summed E-state index contributed by atoms with van der Waals surface area (Å²) in [6.45, 7) is 0. The zero-order valence-electron chi connectivity index (χ0n) is 13.1. The van der Waals surface area contributed by atoms with Crippen molar-refractivity contribution in [3.63, 3.8) is 0 Å². The molecule has 1 aromatic heterocycles. The second kappa shape index (κ2) is 6.41. The van der Waals surface area contributed by atoms with E-state index in [9.17, 15) is 4.79 Å². The first kappa shape index (κ1) is 15.5. The number of carboxylic acid groups (broad SMARTS) is 1. The van der Waals surface area contributed by atoms with Crippen LogP contribution < -0.4 is 9.47 Å². The number of hydrogen-bond acceptors (Lipinski definition) is 5. The summed E-state index contributed by atoms with van der Waals surface area (Å²) >= 11 is 0. The molecule has 2 aromatic carbocycles. The van der Waals surface area contributed by atoms with E-state index in [0.717, 1.165) is 5.56 Å². The second-order valence-corrected chi connectivity index (χ2v) is 4.97. The minimum absolute atomic E-state index is 0.190. The fourth-order valence-corrected chi connectivity index (χ4v) is 2.30. The zero-order chi connectivity index (χ0) is 17.1. The van der Waals surface area contributed by atoms with Gasteiger partial charge in [0.1, 0.15) is 5.69 Å². The highest BCUT2D eigenvalue weighted by atomic mass is 16.5. The fourth-order valence-electron chi connectivity index (χ4n) is 2.30. The smallest absolute Gasteiger partial charge is 0.335 e. The van der Waals surface area contributed by atoms with Crippen LogP contribution in [0.1, 0.15) is 10.4 Å². The molecule has 0 aliphatic heterocycles. The van der Waals surface area contributed by atoms with Crippen LogP contribution in [0.2, 0.25) is 0 Å². The van der Waals surface area contributed by atoms with Crippen molar-refractivity contribution < 1.29 is 19.4 Å². The molecule has 0 radical (unpaired) electrons. The Morgan fingerprint density at radius 2 is 1.88 bits per heavy atom. The molecule has 1 N–H and O–H groups in total. The van der Waals surface area contributed by atoms with Crippen molar-refractivity contribution in [1.29, 1.82) is 0 Å². The summed E-state index contributed by atoms with van der Waals surface area (Å²) in [6.07, 6.45) is 1.72. The van der Waals surface area contributed by atoms with Gasteiger partial charge in [0.25, 0.3) is 0 Å². The van der Waals surface area contributed by atoms with E-state index in [4.69, 9.17) is 14.6 Å². The normalized spacial score (nSPS) is 10.4. The van der Waals surface area contributed by atoms with Crippen LogP contribution in [0, 0.1) is 0 Å². The molecule has 0 amide bonds. The molecule has 3 aromatic rings. The summed E-state index contributed by atoms with van der Waals surface area (Å²) < 4.78 is 12.0. The van der Waals surface area contributed by atoms with Gasteiger partial charge in [-0.1, -0.05) is 11.3 Å². The Kier molecular flexibility index (Phi) is 4.15. The van der Waals surface area contributed by atoms with Crippen LogP contribution in [-0.2, 0) is 0 Å². The first-order valence-electron chi connectivity index (χ1n) is 7.11. The van der Waals surface area contributed by atoms with Crippen molar-refractivity contribution in [3.8, 4) is 28.4 Å². The van der Waals surface area contributed by atoms with Gasteiger partial charge in [-0.05, 0) is 36.4 Å². The molecule has 0 saturated carbocycles. The molecule has 7 heteroatoms. The molecular weight excluding hydrogens is 310 g/mol. The Labute approximate surface area is 138 Å². The molecule has 1 heterocycles. The maximum absolute atomic E-state index is 11.1. The lowest BCUT2D eigenvalue weighted by atomic mass is 10.1. The predicted molar refractivity (Wildman–Crippen MR) is 86.9 cm³/mol. The fraction of sp³-hybridized carbons (Fsp3) is 0.118. The highest BCUT2D eigenvalue weighted by Gasteiger charge is 2.11. The number of aromatic nitrogens is 3. The number of nitrogens with zero attached hydrogens (tertiary/aromatic N) is 3. The van der Waals surface area contributed by atoms with E-state index in [-0.39, 0.29) is 5.56 Å². The van der Waals surface area contributed by atoms with E-state index in [2.05, 4.69) is 10.3 Å². The highest BCUT2D eigenvalue weighted by Crippen LogP contribution is 2.31. The SMILES string of the molecule is COc1ccc(-c2cn(-c3cccc(C(=O)O)c3)nn2)cc1OC. The van der Waals surface area contributed by atoms with Crippen LogP contribution >= 0.6 is 0 Å². The molecule has 7 nitrogen and oxygen atoms in total. The van der Waals surface area contributed by atoms with Gasteiger partial charge in [0.15, 0.2) is 11.5 Å². The molecule has 0 spiro atoms. The van der Waals surface area contributed by atoms with Crippen LogP contribution in [0.25, 0.3) is 16.9 Å². The highest BCUT2D eigenvalue weighted by molar-refractivity contribution is 5.88. The van der Waals surface area contributed by atoms with Gasteiger partial charge in [-0.15, -0.1) is 5.10 Å². The van der Waals surface area contributed by atoms with Crippen molar-refractivity contribution in [2.45, 2.75) is 0 Å². The molecule has 0 fully saturated rings. The quantitative estimate of drug-likeness (QED) is 0.776. The molecule has 122 valence electrons. The van der Waals surface area contributed by atoms with Crippen LogP contribution in [-0.4, -0.2) is 40.3 Å². The van der Waals surface area contributed by atoms with E-state index in [0.29, 0.717) is 22.9 Å². The van der Waals surface area contributed by atoms with Gasteiger partial charge in [-0.3, -0.25) is 0 Å². The Bertz CT molecular complexity index is 889. The van der Waals surface area contributed by atoms with E-state index < -0.39 is 5.97 Å². The molecule has 0 saturated heterocycles. The van der Waals surface area contributed by atoms with E-state index in [1.54, 1.807) is 44.7 Å². The summed E-state index contributed by atoms with van der Waals surface area (Å²) in [6, 6.07) is 11.9. The molecule has 0 aliphatic carbocycles. The number of carboxylic acids is 1. The Morgan fingerprint density at radius 3 is 2.58 bits per heavy atom. The van der Waals surface area contributed by atoms with Crippen molar-refractivity contribution >= 4 is 5.97 Å². The minimum Gasteiger partial charge on any atom is -0.493 e. The lowest BCUT2D eigenvalue weighted by Gasteiger charge is -2.08. The van der Waals surface area contributed by atoms with Gasteiger partial charge in [0.05, 0.1) is 31.7 Å². The Hall–Kier alpha value is -3.35. The van der Waals surface area contributed by atoms with Gasteiger partial charge in [-0.25, -0.2) is 9.48 Å². The third-order valence-corrected chi connectivity index (χ3v) is 3.53. The summed E-state index contributed by atoms with van der Waals surface area (Å²) in [4.78, 5) is 11.1. The molecule has 0 unspecified atom stereocenters. The molecule has 3 rings (SSSR count). The minimum atomic E-state index is -0.989. The lowest BCUT2D eigenvalue weighted by molar-refractivity contribution is 0.0697. The number of methoxy groups -OCH3 is 2. The topological polar surface area (TPSA) is 86.5 Å². The zero-order valence-corrected chi connectivity index (χ0v) is 13.1. The third kappa shape index (κ3) is 2.91. The molecule has 0 atom stereocenters. The number of aromatic carboxylic acids is 1. The Balaban J connectivity index is 1.96. The van der Waals surface area contributed by atoms with Gasteiger partial charge < -0.3 is 14.6 Å². The number of benzene rings is 2. The maximum Gasteiger partial charge on any atom is 0.335 e. The van der Waals surface area contributed by atoms with Gasteiger partial charge in [0.2, 0.25) is 0 Å². The first-order chi connectivity index (χ1) is 11.6. The monoisotopic (exact) mass is 325 g/mol. The summed E-state index contributed by atoms with van der Waals surface area (Å²) in [5, 5.41) is 17.3. The summed E-state index contributed by atoms with van der Waals surface area (Å²) in [7, 11) is 3.14. The average Bonchev–Trinajstić information content (AvgIpc) is 3.11. The summed E-state index contributed by atoms with van der Waals surface area (Å²) in [5.41, 5.74) is 2.26. The van der Waals surface area contributed by atoms with Gasteiger partial charge in [-0.2, -0.15) is 0 Å². The molecule has 24 heavy (non-hydrogen) atoms. The van der Waals surface area contributed by atoms with Crippen molar-refractivity contribution in [3.05, 3.63) is 54.2 Å². The second-order valence-electron chi connectivity index (χ2n) is 4.97. The van der Waals surface area contributed by atoms with Gasteiger partial charge >= 0.3 is 5.97 Å². The van der Waals surface area contributed by atoms with Crippen molar-refractivity contribution in [2.24, 2.45) is 0 Å². The molecular formula is C17H15N3O4. The molecule has 0 bridgehead atoms. The average molecular weight is 325 g/mol. The number of rotatable bonds is 5. The predicted octanol–water partition coefficient (Wildman–Crippen LogP) is 2.65. The third-order valence-electron chi connectivity index (χ3n) is 3.53. The van der Waals surface area contributed by atoms with E-state index in [1.165, 1.54) is 16.8 Å². The molecule has 0 aliphatic rings. The standard InChI is InChI=1S/C17H15N3O4/c1-23-15-7-6-11(9-16(15)24-2)14-10-20(19-18-14)13-5-3-4-12(8-13)17(21)22/h3-10H,1-2H3,(H,21,22). The van der Waals surface area contributed by atoms with Crippen LogP contribution in [0.3, 0.4) is 0 Å². The van der Waals surface area contributed by atoms with Crippen LogP contribution in [0.15, 0.2) is 48.7 Å². The van der Waals surface area contributed by atoms with Crippen molar-refractivity contribution in [2.75, 3.05) is 14.2 Å². The van der Waals surface area contributed by atoms with E-state index >= 15 is 0 Å². The van der Waals surface area contributed by atoms with Crippen LogP contribution in [0.5, 0.6) is 11.5 Å². The Morgan fingerprint density at radius 1 is 1.08 bits per heavy atom. The number of carbonyl (C=O) groups is 1.